The van der Waals surface area contributed by atoms with Gasteiger partial charge in [0.1, 0.15) is 29.8 Å². The molecule has 0 unspecified atom stereocenters. The summed E-state index contributed by atoms with van der Waals surface area (Å²) in [6.45, 7) is 0.370. The van der Waals surface area contributed by atoms with E-state index in [1.807, 2.05) is 18.2 Å². The van der Waals surface area contributed by atoms with Crippen LogP contribution in [0.25, 0.3) is 6.08 Å². The standard InChI is InChI=1S/C23H15BrClFN2O2/c24-21-12-16(3-10-22(21)30-14-15-1-4-18(25)5-2-15)11-17(13-27)23(29)28-20-8-6-19(26)7-9-20/h1-12H,14H2,(H,28,29)/b17-11+. The van der Waals surface area contributed by atoms with E-state index in [9.17, 15) is 14.4 Å². The van der Waals surface area contributed by atoms with Crippen LogP contribution in [0.4, 0.5) is 10.1 Å². The van der Waals surface area contributed by atoms with Crippen molar-refractivity contribution in [3.63, 3.8) is 0 Å². The van der Waals surface area contributed by atoms with Crippen LogP contribution < -0.4 is 10.1 Å². The van der Waals surface area contributed by atoms with Gasteiger partial charge in [-0.25, -0.2) is 4.39 Å². The second kappa shape index (κ2) is 10.1. The lowest BCUT2D eigenvalue weighted by Crippen LogP contribution is -2.13. The fraction of sp³-hybridized carbons (Fsp3) is 0.0435. The lowest BCUT2D eigenvalue weighted by molar-refractivity contribution is -0.112. The first kappa shape index (κ1) is 21.6. The van der Waals surface area contributed by atoms with Crippen LogP contribution in [-0.4, -0.2) is 5.91 Å². The predicted molar refractivity (Wildman–Crippen MR) is 119 cm³/mol. The first-order chi connectivity index (χ1) is 14.4. The monoisotopic (exact) mass is 484 g/mol. The number of halogens is 3. The molecule has 0 spiro atoms. The van der Waals surface area contributed by atoms with Crippen molar-refractivity contribution in [3.8, 4) is 11.8 Å². The van der Waals surface area contributed by atoms with Crippen molar-refractivity contribution < 1.29 is 13.9 Å². The smallest absolute Gasteiger partial charge is 0.266 e. The van der Waals surface area contributed by atoms with Gasteiger partial charge in [0.2, 0.25) is 0 Å². The minimum Gasteiger partial charge on any atom is -0.488 e. The van der Waals surface area contributed by atoms with Gasteiger partial charge in [0.05, 0.1) is 4.47 Å². The zero-order valence-corrected chi connectivity index (χ0v) is 17.9. The molecule has 0 radical (unpaired) electrons. The van der Waals surface area contributed by atoms with E-state index in [1.165, 1.54) is 30.3 Å². The molecule has 150 valence electrons. The molecule has 3 rings (SSSR count). The average Bonchev–Trinajstić information content (AvgIpc) is 2.74. The van der Waals surface area contributed by atoms with E-state index in [-0.39, 0.29) is 5.57 Å². The van der Waals surface area contributed by atoms with Gasteiger partial charge in [0, 0.05) is 10.7 Å². The van der Waals surface area contributed by atoms with Gasteiger partial charge in [-0.2, -0.15) is 5.26 Å². The zero-order valence-electron chi connectivity index (χ0n) is 15.5. The van der Waals surface area contributed by atoms with E-state index in [1.54, 1.807) is 30.3 Å². The summed E-state index contributed by atoms with van der Waals surface area (Å²) in [5.41, 5.74) is 1.93. The summed E-state index contributed by atoms with van der Waals surface area (Å²) in [7, 11) is 0. The number of nitrogens with zero attached hydrogens (tertiary/aromatic N) is 1. The molecule has 1 N–H and O–H groups in total. The third kappa shape index (κ3) is 5.93. The second-order valence-electron chi connectivity index (χ2n) is 6.24. The van der Waals surface area contributed by atoms with E-state index >= 15 is 0 Å². The van der Waals surface area contributed by atoms with Crippen LogP contribution in [0.3, 0.4) is 0 Å². The first-order valence-electron chi connectivity index (χ1n) is 8.80. The third-order valence-corrected chi connectivity index (χ3v) is 4.91. The molecule has 3 aromatic rings. The summed E-state index contributed by atoms with van der Waals surface area (Å²) in [6, 6.07) is 19.8. The molecule has 0 saturated heterocycles. The second-order valence-corrected chi connectivity index (χ2v) is 7.53. The highest BCUT2D eigenvalue weighted by molar-refractivity contribution is 9.10. The fourth-order valence-corrected chi connectivity index (χ4v) is 3.15. The highest BCUT2D eigenvalue weighted by atomic mass is 79.9. The Labute approximate surface area is 186 Å². The number of nitriles is 1. The van der Waals surface area contributed by atoms with E-state index in [0.717, 1.165) is 5.56 Å². The van der Waals surface area contributed by atoms with Crippen molar-refractivity contribution in [3.05, 3.63) is 98.7 Å². The number of amides is 1. The number of anilines is 1. The van der Waals surface area contributed by atoms with E-state index in [4.69, 9.17) is 16.3 Å². The van der Waals surface area contributed by atoms with Gasteiger partial charge in [-0.15, -0.1) is 0 Å². The van der Waals surface area contributed by atoms with Gasteiger partial charge in [0.15, 0.2) is 0 Å². The Morgan fingerprint density at radius 2 is 1.83 bits per heavy atom. The number of carbonyl (C=O) groups is 1. The molecular formula is C23H15BrClFN2O2. The molecule has 7 heteroatoms. The van der Waals surface area contributed by atoms with Crippen molar-refractivity contribution in [1.82, 2.24) is 0 Å². The molecule has 0 aromatic heterocycles. The fourth-order valence-electron chi connectivity index (χ4n) is 2.51. The van der Waals surface area contributed by atoms with Crippen LogP contribution in [0, 0.1) is 17.1 Å². The Kier molecular flexibility index (Phi) is 7.23. The van der Waals surface area contributed by atoms with Crippen LogP contribution in [-0.2, 0) is 11.4 Å². The molecule has 4 nitrogen and oxygen atoms in total. The summed E-state index contributed by atoms with van der Waals surface area (Å²) in [6.07, 6.45) is 1.46. The van der Waals surface area contributed by atoms with Crippen molar-refractivity contribution in [1.29, 1.82) is 5.26 Å². The van der Waals surface area contributed by atoms with Crippen molar-refractivity contribution in [2.75, 3.05) is 5.32 Å². The number of ether oxygens (including phenoxy) is 1. The van der Waals surface area contributed by atoms with Crippen molar-refractivity contribution in [2.24, 2.45) is 0 Å². The number of carbonyl (C=O) groups excluding carboxylic acids is 1. The Morgan fingerprint density at radius 1 is 1.13 bits per heavy atom. The summed E-state index contributed by atoms with van der Waals surface area (Å²) in [4.78, 5) is 12.3. The van der Waals surface area contributed by atoms with Crippen LogP contribution >= 0.6 is 27.5 Å². The summed E-state index contributed by atoms with van der Waals surface area (Å²) >= 11 is 9.33. The molecule has 0 aliphatic rings. The van der Waals surface area contributed by atoms with Crippen LogP contribution in [0.1, 0.15) is 11.1 Å². The topological polar surface area (TPSA) is 62.1 Å². The molecule has 0 bridgehead atoms. The molecular weight excluding hydrogens is 471 g/mol. The molecule has 0 atom stereocenters. The maximum Gasteiger partial charge on any atom is 0.266 e. The third-order valence-electron chi connectivity index (χ3n) is 4.04. The Bertz CT molecular complexity index is 1120. The van der Waals surface area contributed by atoms with Gasteiger partial charge in [0.25, 0.3) is 5.91 Å². The van der Waals surface area contributed by atoms with Gasteiger partial charge in [-0.3, -0.25) is 4.79 Å². The lowest BCUT2D eigenvalue weighted by atomic mass is 10.1. The minimum absolute atomic E-state index is 0.0824. The first-order valence-corrected chi connectivity index (χ1v) is 9.97. The molecule has 30 heavy (non-hydrogen) atoms. The summed E-state index contributed by atoms with van der Waals surface area (Å²) in [5.74, 6) is -0.369. The van der Waals surface area contributed by atoms with E-state index in [2.05, 4.69) is 21.2 Å². The van der Waals surface area contributed by atoms with Gasteiger partial charge in [-0.05, 0) is 81.7 Å². The van der Waals surface area contributed by atoms with Crippen molar-refractivity contribution in [2.45, 2.75) is 6.61 Å². The summed E-state index contributed by atoms with van der Waals surface area (Å²) in [5, 5.41) is 12.6. The lowest BCUT2D eigenvalue weighted by Gasteiger charge is -2.09. The Morgan fingerprint density at radius 3 is 2.47 bits per heavy atom. The predicted octanol–water partition coefficient (Wildman–Crippen LogP) is 6.37. The number of hydrogen-bond donors (Lipinski definition) is 1. The van der Waals surface area contributed by atoms with Crippen molar-refractivity contribution >= 4 is 45.2 Å². The highest BCUT2D eigenvalue weighted by Gasteiger charge is 2.11. The zero-order chi connectivity index (χ0) is 21.5. The van der Waals surface area contributed by atoms with E-state index in [0.29, 0.717) is 33.1 Å². The number of rotatable bonds is 6. The van der Waals surface area contributed by atoms with Crippen LogP contribution in [0.2, 0.25) is 5.02 Å². The Balaban J connectivity index is 1.69. The maximum absolute atomic E-state index is 13.0. The number of hydrogen-bond acceptors (Lipinski definition) is 3. The van der Waals surface area contributed by atoms with Crippen LogP contribution in [0.5, 0.6) is 5.75 Å². The summed E-state index contributed by atoms with van der Waals surface area (Å²) < 4.78 is 19.5. The van der Waals surface area contributed by atoms with Gasteiger partial charge < -0.3 is 10.1 Å². The molecule has 3 aromatic carbocycles. The average molecular weight is 486 g/mol. The molecule has 0 aliphatic carbocycles. The molecule has 1 amide bonds. The molecule has 0 aliphatic heterocycles. The van der Waals surface area contributed by atoms with Crippen LogP contribution in [0.15, 0.2) is 76.8 Å². The largest absolute Gasteiger partial charge is 0.488 e. The number of nitrogens with one attached hydrogen (secondary N) is 1. The van der Waals surface area contributed by atoms with E-state index < -0.39 is 11.7 Å². The highest BCUT2D eigenvalue weighted by Crippen LogP contribution is 2.28. The minimum atomic E-state index is -0.580. The quantitative estimate of drug-likeness (QED) is 0.326. The Hall–Kier alpha value is -3.14. The molecule has 0 fully saturated rings. The SMILES string of the molecule is N#C/C(=C\c1ccc(OCc2ccc(Cl)cc2)c(Br)c1)C(=O)Nc1ccc(F)cc1. The van der Waals surface area contributed by atoms with Gasteiger partial charge in [-0.1, -0.05) is 29.8 Å². The molecule has 0 saturated carbocycles. The number of benzene rings is 3. The normalized spacial score (nSPS) is 10.9. The molecule has 0 heterocycles. The van der Waals surface area contributed by atoms with Gasteiger partial charge >= 0.3 is 0 Å². The maximum atomic E-state index is 13.0.